The van der Waals surface area contributed by atoms with Crippen molar-refractivity contribution in [3.8, 4) is 0 Å². The zero-order valence-electron chi connectivity index (χ0n) is 9.91. The Morgan fingerprint density at radius 2 is 2.35 bits per heavy atom. The van der Waals surface area contributed by atoms with E-state index >= 15 is 0 Å². The summed E-state index contributed by atoms with van der Waals surface area (Å²) in [5, 5.41) is 20.5. The van der Waals surface area contributed by atoms with Gasteiger partial charge in [-0.25, -0.2) is 0 Å². The van der Waals surface area contributed by atoms with E-state index < -0.39 is 4.92 Å². The van der Waals surface area contributed by atoms with Gasteiger partial charge in [0.2, 0.25) is 12.1 Å². The van der Waals surface area contributed by atoms with Crippen LogP contribution in [0, 0.1) is 16.0 Å². The number of aliphatic hydroxyl groups is 1. The van der Waals surface area contributed by atoms with Gasteiger partial charge in [-0.05, 0) is 22.2 Å². The van der Waals surface area contributed by atoms with Crippen molar-refractivity contribution in [1.82, 2.24) is 9.55 Å². The van der Waals surface area contributed by atoms with Gasteiger partial charge in [-0.2, -0.15) is 0 Å². The van der Waals surface area contributed by atoms with E-state index in [4.69, 9.17) is 0 Å². The predicted molar refractivity (Wildman–Crippen MR) is 61.9 cm³/mol. The molecule has 2 rings (SSSR count). The first-order valence-electron chi connectivity index (χ1n) is 5.59. The molecule has 1 aliphatic heterocycles. The Morgan fingerprint density at radius 3 is 2.94 bits per heavy atom. The molecule has 2 unspecified atom stereocenters. The summed E-state index contributed by atoms with van der Waals surface area (Å²) in [6, 6.07) is 0. The molecule has 1 aromatic heterocycles. The van der Waals surface area contributed by atoms with Crippen molar-refractivity contribution in [2.75, 3.05) is 18.0 Å². The van der Waals surface area contributed by atoms with Crippen molar-refractivity contribution < 1.29 is 10.0 Å². The lowest BCUT2D eigenvalue weighted by Crippen LogP contribution is -2.42. The standard InChI is InChI=1S/C10H16N4O3/c1-7-5-13(4-3-8(7)15)10-9(14(16)17)11-6-12(10)2/h6-8,15H,3-5H2,1-2H3. The second kappa shape index (κ2) is 4.33. The monoisotopic (exact) mass is 240 g/mol. The van der Waals surface area contributed by atoms with Crippen LogP contribution in [0.3, 0.4) is 0 Å². The molecule has 17 heavy (non-hydrogen) atoms. The number of nitrogens with zero attached hydrogens (tertiary/aromatic N) is 4. The van der Waals surface area contributed by atoms with Crippen LogP contribution in [0.2, 0.25) is 0 Å². The molecule has 0 amide bonds. The molecule has 1 saturated heterocycles. The zero-order chi connectivity index (χ0) is 12.6. The average Bonchev–Trinajstić information content (AvgIpc) is 2.64. The fourth-order valence-electron chi connectivity index (χ4n) is 2.23. The molecular weight excluding hydrogens is 224 g/mol. The molecule has 94 valence electrons. The fourth-order valence-corrected chi connectivity index (χ4v) is 2.23. The maximum Gasteiger partial charge on any atom is 0.406 e. The molecule has 0 aliphatic carbocycles. The number of aryl methyl sites for hydroxylation is 1. The van der Waals surface area contributed by atoms with Gasteiger partial charge in [-0.3, -0.25) is 4.57 Å². The third kappa shape index (κ3) is 2.10. The number of imidazole rings is 1. The molecule has 1 aliphatic rings. The Hall–Kier alpha value is -1.63. The first kappa shape index (κ1) is 11.8. The largest absolute Gasteiger partial charge is 0.406 e. The van der Waals surface area contributed by atoms with E-state index in [1.165, 1.54) is 6.33 Å². The number of rotatable bonds is 2. The van der Waals surface area contributed by atoms with E-state index in [9.17, 15) is 15.2 Å². The summed E-state index contributed by atoms with van der Waals surface area (Å²) in [6.45, 7) is 3.17. The highest BCUT2D eigenvalue weighted by atomic mass is 16.6. The summed E-state index contributed by atoms with van der Waals surface area (Å²) in [5.74, 6) is 0.517. The Morgan fingerprint density at radius 1 is 1.65 bits per heavy atom. The second-order valence-corrected chi connectivity index (χ2v) is 4.54. The van der Waals surface area contributed by atoms with Crippen molar-refractivity contribution in [3.63, 3.8) is 0 Å². The molecule has 1 fully saturated rings. The molecule has 7 nitrogen and oxygen atoms in total. The minimum Gasteiger partial charge on any atom is -0.393 e. The SMILES string of the molecule is CC1CN(c2c([N+](=O)[O-])ncn2C)CCC1O. The molecular formula is C10H16N4O3. The topological polar surface area (TPSA) is 84.4 Å². The van der Waals surface area contributed by atoms with Crippen LogP contribution in [0.15, 0.2) is 6.33 Å². The van der Waals surface area contributed by atoms with Gasteiger partial charge in [0.1, 0.15) is 0 Å². The van der Waals surface area contributed by atoms with E-state index in [0.717, 1.165) is 0 Å². The summed E-state index contributed by atoms with van der Waals surface area (Å²) >= 11 is 0. The molecule has 1 N–H and O–H groups in total. The van der Waals surface area contributed by atoms with Crippen LogP contribution in [0.4, 0.5) is 11.6 Å². The second-order valence-electron chi connectivity index (χ2n) is 4.54. The average molecular weight is 240 g/mol. The van der Waals surface area contributed by atoms with Crippen LogP contribution in [-0.4, -0.2) is 38.8 Å². The number of aromatic nitrogens is 2. The van der Waals surface area contributed by atoms with Crippen LogP contribution in [-0.2, 0) is 7.05 Å². The van der Waals surface area contributed by atoms with E-state index in [1.807, 2.05) is 11.8 Å². The van der Waals surface area contributed by atoms with Crippen molar-refractivity contribution in [2.24, 2.45) is 13.0 Å². The van der Waals surface area contributed by atoms with Gasteiger partial charge >= 0.3 is 5.82 Å². The van der Waals surface area contributed by atoms with Gasteiger partial charge in [0, 0.05) is 20.1 Å². The van der Waals surface area contributed by atoms with E-state index in [-0.39, 0.29) is 17.8 Å². The summed E-state index contributed by atoms with van der Waals surface area (Å²) in [5.41, 5.74) is 0. The highest BCUT2D eigenvalue weighted by Crippen LogP contribution is 2.29. The Labute approximate surface area is 98.8 Å². The molecule has 0 spiro atoms. The Balaban J connectivity index is 2.28. The van der Waals surface area contributed by atoms with Gasteiger partial charge in [0.05, 0.1) is 6.10 Å². The summed E-state index contributed by atoms with van der Waals surface area (Å²) in [4.78, 5) is 16.1. The molecule has 1 aromatic rings. The molecule has 2 heterocycles. The van der Waals surface area contributed by atoms with E-state index in [0.29, 0.717) is 25.3 Å². The summed E-state index contributed by atoms with van der Waals surface area (Å²) < 4.78 is 1.66. The number of hydrogen-bond donors (Lipinski definition) is 1. The first-order valence-corrected chi connectivity index (χ1v) is 5.59. The van der Waals surface area contributed by atoms with Crippen LogP contribution in [0.1, 0.15) is 13.3 Å². The molecule has 7 heteroatoms. The van der Waals surface area contributed by atoms with Crippen molar-refractivity contribution in [1.29, 1.82) is 0 Å². The van der Waals surface area contributed by atoms with Gasteiger partial charge < -0.3 is 20.1 Å². The maximum atomic E-state index is 10.9. The Bertz CT molecular complexity index is 431. The predicted octanol–water partition coefficient (Wildman–Crippen LogP) is 0.535. The zero-order valence-corrected chi connectivity index (χ0v) is 9.91. The highest BCUT2D eigenvalue weighted by Gasteiger charge is 2.31. The van der Waals surface area contributed by atoms with Gasteiger partial charge in [-0.15, -0.1) is 0 Å². The van der Waals surface area contributed by atoms with Crippen LogP contribution in [0.25, 0.3) is 0 Å². The first-order chi connectivity index (χ1) is 8.00. The molecule has 0 aromatic carbocycles. The minimum atomic E-state index is -0.467. The van der Waals surface area contributed by atoms with E-state index in [2.05, 4.69) is 4.98 Å². The van der Waals surface area contributed by atoms with Crippen molar-refractivity contribution in [3.05, 3.63) is 16.4 Å². The lowest BCUT2D eigenvalue weighted by molar-refractivity contribution is -0.388. The molecule has 0 saturated carbocycles. The summed E-state index contributed by atoms with van der Waals surface area (Å²) in [6.07, 6.45) is 1.76. The lowest BCUT2D eigenvalue weighted by Gasteiger charge is -2.34. The number of piperidine rings is 1. The van der Waals surface area contributed by atoms with Crippen LogP contribution in [0.5, 0.6) is 0 Å². The quantitative estimate of drug-likeness (QED) is 0.602. The maximum absolute atomic E-state index is 10.9. The smallest absolute Gasteiger partial charge is 0.393 e. The minimum absolute atomic E-state index is 0.109. The van der Waals surface area contributed by atoms with Crippen molar-refractivity contribution in [2.45, 2.75) is 19.4 Å². The summed E-state index contributed by atoms with van der Waals surface area (Å²) in [7, 11) is 1.74. The normalized spacial score (nSPS) is 25.0. The molecule has 2 atom stereocenters. The number of nitro groups is 1. The van der Waals surface area contributed by atoms with Gasteiger partial charge in [0.25, 0.3) is 0 Å². The molecule has 0 bridgehead atoms. The number of aliphatic hydroxyl groups excluding tert-OH is 1. The van der Waals surface area contributed by atoms with Crippen molar-refractivity contribution >= 4 is 11.6 Å². The number of hydrogen-bond acceptors (Lipinski definition) is 5. The third-order valence-corrected chi connectivity index (χ3v) is 3.22. The third-order valence-electron chi connectivity index (χ3n) is 3.22. The Kier molecular flexibility index (Phi) is 3.01. The van der Waals surface area contributed by atoms with Gasteiger partial charge in [-0.1, -0.05) is 6.92 Å². The van der Waals surface area contributed by atoms with Crippen LogP contribution >= 0.6 is 0 Å². The van der Waals surface area contributed by atoms with Crippen LogP contribution < -0.4 is 4.90 Å². The lowest BCUT2D eigenvalue weighted by atomic mass is 9.97. The van der Waals surface area contributed by atoms with E-state index in [1.54, 1.807) is 11.6 Å². The number of anilines is 1. The molecule has 0 radical (unpaired) electrons. The highest BCUT2D eigenvalue weighted by molar-refractivity contribution is 5.54. The fraction of sp³-hybridized carbons (Fsp3) is 0.700. The van der Waals surface area contributed by atoms with Gasteiger partial charge in [0.15, 0.2) is 0 Å².